The van der Waals surface area contributed by atoms with E-state index in [0.29, 0.717) is 5.92 Å². The van der Waals surface area contributed by atoms with Gasteiger partial charge in [-0.3, -0.25) is 0 Å². The van der Waals surface area contributed by atoms with Gasteiger partial charge in [0.2, 0.25) is 0 Å². The minimum absolute atomic E-state index is 0.333. The first-order valence-corrected chi connectivity index (χ1v) is 5.76. The lowest BCUT2D eigenvalue weighted by Gasteiger charge is -2.09. The second-order valence-electron chi connectivity index (χ2n) is 4.08. The summed E-state index contributed by atoms with van der Waals surface area (Å²) in [4.78, 5) is 0. The molecule has 0 fully saturated rings. The number of allylic oxidation sites excluding steroid dienone is 2. The Balaban J connectivity index is 2.45. The smallest absolute Gasteiger partial charge is 0.0726 e. The van der Waals surface area contributed by atoms with E-state index in [-0.39, 0.29) is 6.10 Å². The van der Waals surface area contributed by atoms with Crippen LogP contribution in [0.1, 0.15) is 25.8 Å². The molecule has 0 amide bonds. The van der Waals surface area contributed by atoms with Gasteiger partial charge in [0, 0.05) is 0 Å². The molecule has 0 aliphatic rings. The molecule has 0 spiro atoms. The van der Waals surface area contributed by atoms with E-state index in [9.17, 15) is 5.11 Å². The number of hydrogen-bond acceptors (Lipinski definition) is 1. The fraction of sp³-hybridized carbons (Fsp3) is 0.333. The predicted octanol–water partition coefficient (Wildman–Crippen LogP) is 3.66. The highest BCUT2D eigenvalue weighted by molar-refractivity contribution is 5.48. The van der Waals surface area contributed by atoms with Gasteiger partial charge in [-0.1, -0.05) is 61.6 Å². The van der Waals surface area contributed by atoms with Crippen LogP contribution in [0.4, 0.5) is 0 Å². The van der Waals surface area contributed by atoms with Crippen LogP contribution >= 0.6 is 0 Å². The Morgan fingerprint density at radius 1 is 1.19 bits per heavy atom. The van der Waals surface area contributed by atoms with Crippen molar-refractivity contribution < 1.29 is 5.11 Å². The Bertz CT molecular complexity index is 338. The van der Waals surface area contributed by atoms with Crippen LogP contribution in [-0.2, 0) is 0 Å². The predicted molar refractivity (Wildman–Crippen MR) is 70.1 cm³/mol. The summed E-state index contributed by atoms with van der Waals surface area (Å²) in [7, 11) is 0. The highest BCUT2D eigenvalue weighted by Gasteiger charge is 2.03. The molecule has 0 bridgehead atoms. The molecule has 1 aromatic rings. The average Bonchev–Trinajstić information content (AvgIpc) is 2.28. The van der Waals surface area contributed by atoms with Crippen LogP contribution in [0.3, 0.4) is 0 Å². The fourth-order valence-electron chi connectivity index (χ4n) is 1.60. The first kappa shape index (κ1) is 12.7. The van der Waals surface area contributed by atoms with E-state index in [1.54, 1.807) is 0 Å². The topological polar surface area (TPSA) is 20.2 Å². The zero-order chi connectivity index (χ0) is 11.8. The molecule has 0 heterocycles. The third-order valence-corrected chi connectivity index (χ3v) is 2.44. The van der Waals surface area contributed by atoms with E-state index in [0.717, 1.165) is 6.42 Å². The fourth-order valence-corrected chi connectivity index (χ4v) is 1.60. The summed E-state index contributed by atoms with van der Waals surface area (Å²) in [5.74, 6) is 0.381. The monoisotopic (exact) mass is 216 g/mol. The van der Waals surface area contributed by atoms with Gasteiger partial charge in [-0.15, -0.1) is 0 Å². The molecule has 1 heteroatoms. The van der Waals surface area contributed by atoms with E-state index in [1.165, 1.54) is 5.56 Å². The van der Waals surface area contributed by atoms with Gasteiger partial charge in [0.25, 0.3) is 0 Å². The maximum atomic E-state index is 9.60. The van der Waals surface area contributed by atoms with Gasteiger partial charge in [0.15, 0.2) is 0 Å². The first-order valence-electron chi connectivity index (χ1n) is 5.76. The van der Waals surface area contributed by atoms with Crippen molar-refractivity contribution in [1.29, 1.82) is 0 Å². The number of aliphatic hydroxyl groups excluding tert-OH is 1. The Morgan fingerprint density at radius 2 is 1.88 bits per heavy atom. The van der Waals surface area contributed by atoms with Crippen LogP contribution in [0.15, 0.2) is 48.6 Å². The number of aliphatic hydroxyl groups is 1. The first-order chi connectivity index (χ1) is 7.72. The molecule has 1 nitrogen and oxygen atoms in total. The Kier molecular flexibility index (Phi) is 5.58. The maximum Gasteiger partial charge on any atom is 0.0726 e. The third-order valence-electron chi connectivity index (χ3n) is 2.44. The Morgan fingerprint density at radius 3 is 2.50 bits per heavy atom. The van der Waals surface area contributed by atoms with Crippen molar-refractivity contribution in [2.24, 2.45) is 5.92 Å². The summed E-state index contributed by atoms with van der Waals surface area (Å²) < 4.78 is 0. The van der Waals surface area contributed by atoms with Gasteiger partial charge in [-0.2, -0.15) is 0 Å². The molecule has 1 N–H and O–H groups in total. The van der Waals surface area contributed by atoms with E-state index < -0.39 is 0 Å². The minimum atomic E-state index is -0.333. The SMILES string of the molecule is C/C=C/[C@H](O)C[C@H](C)/C=C/c1ccccc1. The molecule has 0 unspecified atom stereocenters. The maximum absolute atomic E-state index is 9.60. The summed E-state index contributed by atoms with van der Waals surface area (Å²) in [6.45, 7) is 4.04. The van der Waals surface area contributed by atoms with Gasteiger partial charge in [-0.05, 0) is 24.8 Å². The van der Waals surface area contributed by atoms with Crippen molar-refractivity contribution in [3.63, 3.8) is 0 Å². The van der Waals surface area contributed by atoms with Gasteiger partial charge < -0.3 is 5.11 Å². The van der Waals surface area contributed by atoms with Gasteiger partial charge in [-0.25, -0.2) is 0 Å². The molecule has 1 rings (SSSR count). The van der Waals surface area contributed by atoms with Crippen LogP contribution in [-0.4, -0.2) is 11.2 Å². The molecule has 1 aromatic carbocycles. The van der Waals surface area contributed by atoms with Crippen LogP contribution in [0, 0.1) is 5.92 Å². The van der Waals surface area contributed by atoms with Crippen molar-refractivity contribution in [3.05, 3.63) is 54.1 Å². The van der Waals surface area contributed by atoms with Crippen molar-refractivity contribution in [2.45, 2.75) is 26.4 Å². The number of benzene rings is 1. The van der Waals surface area contributed by atoms with Gasteiger partial charge in [0.1, 0.15) is 0 Å². The highest BCUT2D eigenvalue weighted by atomic mass is 16.3. The molecule has 0 saturated heterocycles. The van der Waals surface area contributed by atoms with Crippen molar-refractivity contribution in [3.8, 4) is 0 Å². The molecular formula is C15H20O. The standard InChI is InChI=1S/C15H20O/c1-3-7-15(16)12-13(2)10-11-14-8-5-4-6-9-14/h3-11,13,15-16H,12H2,1-2H3/b7-3+,11-10+/t13-,15+/m1/s1. The van der Waals surface area contributed by atoms with Crippen LogP contribution < -0.4 is 0 Å². The molecule has 86 valence electrons. The summed E-state index contributed by atoms with van der Waals surface area (Å²) in [6.07, 6.45) is 8.40. The van der Waals surface area contributed by atoms with E-state index in [1.807, 2.05) is 37.3 Å². The average molecular weight is 216 g/mol. The molecule has 0 aliphatic carbocycles. The molecular weight excluding hydrogens is 196 g/mol. The highest BCUT2D eigenvalue weighted by Crippen LogP contribution is 2.11. The minimum Gasteiger partial charge on any atom is -0.389 e. The second-order valence-corrected chi connectivity index (χ2v) is 4.08. The largest absolute Gasteiger partial charge is 0.389 e. The van der Waals surface area contributed by atoms with Crippen LogP contribution in [0.2, 0.25) is 0 Å². The molecule has 0 radical (unpaired) electrons. The molecule has 0 aromatic heterocycles. The Hall–Kier alpha value is -1.34. The van der Waals surface area contributed by atoms with Crippen molar-refractivity contribution >= 4 is 6.08 Å². The van der Waals surface area contributed by atoms with Crippen LogP contribution in [0.5, 0.6) is 0 Å². The van der Waals surface area contributed by atoms with E-state index >= 15 is 0 Å². The van der Waals surface area contributed by atoms with E-state index in [2.05, 4.69) is 31.2 Å². The zero-order valence-electron chi connectivity index (χ0n) is 10.0. The zero-order valence-corrected chi connectivity index (χ0v) is 10.0. The molecule has 16 heavy (non-hydrogen) atoms. The van der Waals surface area contributed by atoms with Crippen LogP contribution in [0.25, 0.3) is 6.08 Å². The van der Waals surface area contributed by atoms with Crippen molar-refractivity contribution in [2.75, 3.05) is 0 Å². The van der Waals surface area contributed by atoms with Gasteiger partial charge in [0.05, 0.1) is 6.10 Å². The molecule has 0 saturated carbocycles. The molecule has 2 atom stereocenters. The lowest BCUT2D eigenvalue weighted by Crippen LogP contribution is -2.06. The van der Waals surface area contributed by atoms with E-state index in [4.69, 9.17) is 0 Å². The second kappa shape index (κ2) is 7.02. The number of rotatable bonds is 5. The summed E-state index contributed by atoms with van der Waals surface area (Å²) >= 11 is 0. The van der Waals surface area contributed by atoms with Crippen molar-refractivity contribution in [1.82, 2.24) is 0 Å². The van der Waals surface area contributed by atoms with Gasteiger partial charge >= 0.3 is 0 Å². The summed E-state index contributed by atoms with van der Waals surface area (Å²) in [5.41, 5.74) is 1.20. The lowest BCUT2D eigenvalue weighted by atomic mass is 10.0. The third kappa shape index (κ3) is 4.94. The summed E-state index contributed by atoms with van der Waals surface area (Å²) in [6, 6.07) is 10.2. The Labute approximate surface area is 98.1 Å². The lowest BCUT2D eigenvalue weighted by molar-refractivity contribution is 0.200. The quantitative estimate of drug-likeness (QED) is 0.745. The normalized spacial score (nSPS) is 15.7. The number of hydrogen-bond donors (Lipinski definition) is 1. The molecule has 0 aliphatic heterocycles. The summed E-state index contributed by atoms with van der Waals surface area (Å²) in [5, 5.41) is 9.60.